The average molecular weight is 236 g/mol. The fourth-order valence-electron chi connectivity index (χ4n) is 1.68. The lowest BCUT2D eigenvalue weighted by atomic mass is 10.0. The number of methoxy groups -OCH3 is 1. The number of ketones is 1. The van der Waals surface area contributed by atoms with Gasteiger partial charge in [0, 0.05) is 12.3 Å². The summed E-state index contributed by atoms with van der Waals surface area (Å²) in [5, 5.41) is 9.85. The molecule has 0 amide bonds. The van der Waals surface area contributed by atoms with E-state index < -0.39 is 0 Å². The summed E-state index contributed by atoms with van der Waals surface area (Å²) in [7, 11) is 1.53. The van der Waals surface area contributed by atoms with Crippen LogP contribution in [0, 0.1) is 5.92 Å². The predicted molar refractivity (Wildman–Crippen MR) is 67.4 cm³/mol. The van der Waals surface area contributed by atoms with Gasteiger partial charge < -0.3 is 9.84 Å². The maximum absolute atomic E-state index is 11.5. The molecule has 0 heterocycles. The third-order valence-electron chi connectivity index (χ3n) is 2.82. The number of ether oxygens (including phenoxy) is 1. The molecule has 1 rings (SSSR count). The highest BCUT2D eigenvalue weighted by molar-refractivity contribution is 5.80. The van der Waals surface area contributed by atoms with Crippen LogP contribution in [0.25, 0.3) is 0 Å². The Labute approximate surface area is 102 Å². The quantitative estimate of drug-likeness (QED) is 0.826. The SMILES string of the molecule is COc1cccc(CCCC(=O)C(C)C)c1O. The molecule has 0 bridgehead atoms. The largest absolute Gasteiger partial charge is 0.504 e. The Kier molecular flexibility index (Phi) is 5.01. The van der Waals surface area contributed by atoms with Gasteiger partial charge in [-0.15, -0.1) is 0 Å². The summed E-state index contributed by atoms with van der Waals surface area (Å²) in [5.41, 5.74) is 0.834. The third-order valence-corrected chi connectivity index (χ3v) is 2.82. The van der Waals surface area contributed by atoms with Crippen molar-refractivity contribution in [2.45, 2.75) is 33.1 Å². The van der Waals surface area contributed by atoms with Crippen LogP contribution >= 0.6 is 0 Å². The zero-order chi connectivity index (χ0) is 12.8. The van der Waals surface area contributed by atoms with Crippen LogP contribution in [0.2, 0.25) is 0 Å². The van der Waals surface area contributed by atoms with Gasteiger partial charge >= 0.3 is 0 Å². The first-order valence-corrected chi connectivity index (χ1v) is 5.93. The number of carbonyl (C=O) groups is 1. The Bertz CT molecular complexity index is 383. The highest BCUT2D eigenvalue weighted by atomic mass is 16.5. The van der Waals surface area contributed by atoms with Crippen molar-refractivity contribution in [1.29, 1.82) is 0 Å². The zero-order valence-corrected chi connectivity index (χ0v) is 10.7. The fraction of sp³-hybridized carbons (Fsp3) is 0.500. The highest BCUT2D eigenvalue weighted by Gasteiger charge is 2.10. The number of hydrogen-bond acceptors (Lipinski definition) is 3. The van der Waals surface area contributed by atoms with E-state index in [2.05, 4.69) is 0 Å². The second kappa shape index (κ2) is 6.28. The number of aryl methyl sites for hydroxylation is 1. The van der Waals surface area contributed by atoms with Crippen LogP contribution in [-0.2, 0) is 11.2 Å². The van der Waals surface area contributed by atoms with E-state index in [1.54, 1.807) is 6.07 Å². The van der Waals surface area contributed by atoms with Gasteiger partial charge in [0.05, 0.1) is 7.11 Å². The fourth-order valence-corrected chi connectivity index (χ4v) is 1.68. The van der Waals surface area contributed by atoms with Gasteiger partial charge in [-0.25, -0.2) is 0 Å². The lowest BCUT2D eigenvalue weighted by Crippen LogP contribution is -2.06. The molecule has 0 fully saturated rings. The van der Waals surface area contributed by atoms with Crippen molar-refractivity contribution in [3.63, 3.8) is 0 Å². The van der Waals surface area contributed by atoms with E-state index in [0.29, 0.717) is 18.6 Å². The molecule has 0 aromatic heterocycles. The van der Waals surface area contributed by atoms with E-state index in [0.717, 1.165) is 12.0 Å². The lowest BCUT2D eigenvalue weighted by Gasteiger charge is -2.09. The number of aromatic hydroxyl groups is 1. The summed E-state index contributed by atoms with van der Waals surface area (Å²) in [4.78, 5) is 11.5. The van der Waals surface area contributed by atoms with E-state index in [-0.39, 0.29) is 17.5 Å². The Morgan fingerprint density at radius 1 is 1.41 bits per heavy atom. The van der Waals surface area contributed by atoms with E-state index in [1.165, 1.54) is 7.11 Å². The van der Waals surface area contributed by atoms with Crippen LogP contribution in [0.5, 0.6) is 11.5 Å². The zero-order valence-electron chi connectivity index (χ0n) is 10.7. The molecule has 1 aromatic carbocycles. The molecule has 0 unspecified atom stereocenters. The smallest absolute Gasteiger partial charge is 0.160 e. The molecule has 0 aliphatic heterocycles. The summed E-state index contributed by atoms with van der Waals surface area (Å²) in [6, 6.07) is 5.42. The van der Waals surface area contributed by atoms with Gasteiger partial charge in [0.1, 0.15) is 5.78 Å². The molecule has 3 nitrogen and oxygen atoms in total. The molecule has 0 atom stereocenters. The molecule has 0 aliphatic rings. The minimum atomic E-state index is 0.0916. The molecule has 0 aliphatic carbocycles. The van der Waals surface area contributed by atoms with Crippen molar-refractivity contribution in [3.8, 4) is 11.5 Å². The highest BCUT2D eigenvalue weighted by Crippen LogP contribution is 2.30. The van der Waals surface area contributed by atoms with Crippen LogP contribution in [0.3, 0.4) is 0 Å². The van der Waals surface area contributed by atoms with Crippen molar-refractivity contribution in [3.05, 3.63) is 23.8 Å². The third kappa shape index (κ3) is 3.77. The molecule has 0 saturated carbocycles. The molecule has 17 heavy (non-hydrogen) atoms. The molecule has 3 heteroatoms. The molecular weight excluding hydrogens is 216 g/mol. The summed E-state index contributed by atoms with van der Waals surface area (Å²) in [5.74, 6) is 1.03. The lowest BCUT2D eigenvalue weighted by molar-refractivity contribution is -0.121. The molecule has 94 valence electrons. The number of phenolic OH excluding ortho intramolecular Hbond substituents is 1. The normalized spacial score (nSPS) is 10.6. The van der Waals surface area contributed by atoms with Gasteiger partial charge in [0.2, 0.25) is 0 Å². The number of hydrogen-bond donors (Lipinski definition) is 1. The van der Waals surface area contributed by atoms with Crippen molar-refractivity contribution in [2.24, 2.45) is 5.92 Å². The van der Waals surface area contributed by atoms with E-state index in [4.69, 9.17) is 4.74 Å². The number of Topliss-reactive ketones (excluding diaryl/α,β-unsaturated/α-hetero) is 1. The Hall–Kier alpha value is -1.51. The Morgan fingerprint density at radius 2 is 2.12 bits per heavy atom. The first kappa shape index (κ1) is 13.6. The van der Waals surface area contributed by atoms with Crippen molar-refractivity contribution >= 4 is 5.78 Å². The van der Waals surface area contributed by atoms with E-state index in [9.17, 15) is 9.90 Å². The van der Waals surface area contributed by atoms with Crippen molar-refractivity contribution in [2.75, 3.05) is 7.11 Å². The Balaban J connectivity index is 2.55. The van der Waals surface area contributed by atoms with Gasteiger partial charge in [-0.3, -0.25) is 4.79 Å². The van der Waals surface area contributed by atoms with E-state index >= 15 is 0 Å². The predicted octanol–water partition coefficient (Wildman–Crippen LogP) is 2.95. The second-order valence-corrected chi connectivity index (χ2v) is 4.44. The topological polar surface area (TPSA) is 46.5 Å². The van der Waals surface area contributed by atoms with Gasteiger partial charge in [-0.05, 0) is 24.5 Å². The minimum Gasteiger partial charge on any atom is -0.504 e. The van der Waals surface area contributed by atoms with E-state index in [1.807, 2.05) is 26.0 Å². The van der Waals surface area contributed by atoms with Crippen molar-refractivity contribution in [1.82, 2.24) is 0 Å². The summed E-state index contributed by atoms with van der Waals surface area (Å²) in [6.45, 7) is 3.82. The van der Waals surface area contributed by atoms with Gasteiger partial charge in [0.25, 0.3) is 0 Å². The summed E-state index contributed by atoms with van der Waals surface area (Å²) in [6.07, 6.45) is 2.02. The molecule has 1 aromatic rings. The average Bonchev–Trinajstić information content (AvgIpc) is 2.31. The van der Waals surface area contributed by atoms with Crippen LogP contribution in [0.4, 0.5) is 0 Å². The standard InChI is InChI=1S/C14H20O3/c1-10(2)12(15)8-4-6-11-7-5-9-13(17-3)14(11)16/h5,7,9-10,16H,4,6,8H2,1-3H3. The number of carbonyl (C=O) groups excluding carboxylic acids is 1. The monoisotopic (exact) mass is 236 g/mol. The molecular formula is C14H20O3. The first-order valence-electron chi connectivity index (χ1n) is 5.93. The summed E-state index contributed by atoms with van der Waals surface area (Å²) >= 11 is 0. The van der Waals surface area contributed by atoms with Crippen LogP contribution in [0.1, 0.15) is 32.3 Å². The van der Waals surface area contributed by atoms with Gasteiger partial charge in [0.15, 0.2) is 11.5 Å². The number of benzene rings is 1. The number of para-hydroxylation sites is 1. The second-order valence-electron chi connectivity index (χ2n) is 4.44. The van der Waals surface area contributed by atoms with Crippen molar-refractivity contribution < 1.29 is 14.6 Å². The van der Waals surface area contributed by atoms with Crippen LogP contribution in [-0.4, -0.2) is 18.0 Å². The molecule has 1 N–H and O–H groups in total. The molecule has 0 radical (unpaired) electrons. The number of phenols is 1. The van der Waals surface area contributed by atoms with Gasteiger partial charge in [-0.1, -0.05) is 26.0 Å². The Morgan fingerprint density at radius 3 is 2.71 bits per heavy atom. The van der Waals surface area contributed by atoms with Gasteiger partial charge in [-0.2, -0.15) is 0 Å². The first-order chi connectivity index (χ1) is 8.06. The van der Waals surface area contributed by atoms with Crippen LogP contribution < -0.4 is 4.74 Å². The maximum Gasteiger partial charge on any atom is 0.160 e. The maximum atomic E-state index is 11.5. The summed E-state index contributed by atoms with van der Waals surface area (Å²) < 4.78 is 5.03. The number of rotatable bonds is 6. The molecule has 0 spiro atoms. The molecule has 0 saturated heterocycles. The van der Waals surface area contributed by atoms with Crippen LogP contribution in [0.15, 0.2) is 18.2 Å². The minimum absolute atomic E-state index is 0.0916.